The largest absolute Gasteiger partial charge is 0.472 e. The molecule has 0 aliphatic carbocycles. The number of unbranched alkanes of at least 4 members (excludes halogenated alkanes) is 10. The van der Waals surface area contributed by atoms with Gasteiger partial charge in [0.2, 0.25) is 0 Å². The Morgan fingerprint density at radius 3 is 1.89 bits per heavy atom. The standard InChI is InChI=1S/C26H49O9P/c1-2-3-4-5-6-7-8-9-10-11-12-13-14-15-16-17-18-19-26(30)33-21-25(29)23-35-36(31,32)34-22-24(28)20-27/h6-7,9-10,24-25,27-29H,2-5,8,11-23H2,1H3,(H,31,32)/b7-6-,10-9-/t24-,25+/m0/s1. The van der Waals surface area contributed by atoms with Gasteiger partial charge >= 0.3 is 13.8 Å². The Morgan fingerprint density at radius 2 is 1.31 bits per heavy atom. The van der Waals surface area contributed by atoms with Gasteiger partial charge in [0.1, 0.15) is 18.8 Å². The number of ether oxygens (including phenoxy) is 1. The van der Waals surface area contributed by atoms with E-state index in [9.17, 15) is 19.4 Å². The topological polar surface area (TPSA) is 143 Å². The molecule has 0 rings (SSSR count). The molecule has 0 saturated heterocycles. The number of esters is 1. The lowest BCUT2D eigenvalue weighted by atomic mass is 10.1. The van der Waals surface area contributed by atoms with Crippen LogP contribution < -0.4 is 0 Å². The van der Waals surface area contributed by atoms with Crippen LogP contribution in [0, 0.1) is 0 Å². The van der Waals surface area contributed by atoms with Gasteiger partial charge in [-0.1, -0.05) is 76.2 Å². The van der Waals surface area contributed by atoms with E-state index in [1.807, 2.05) is 0 Å². The third-order valence-electron chi connectivity index (χ3n) is 5.34. The van der Waals surface area contributed by atoms with Crippen LogP contribution in [0.2, 0.25) is 0 Å². The summed E-state index contributed by atoms with van der Waals surface area (Å²) in [5.41, 5.74) is 0. The lowest BCUT2D eigenvalue weighted by molar-refractivity contribution is -0.147. The molecular weight excluding hydrogens is 487 g/mol. The normalized spacial score (nSPS) is 15.4. The third kappa shape index (κ3) is 24.6. The molecule has 0 saturated carbocycles. The molecule has 0 radical (unpaired) electrons. The maximum Gasteiger partial charge on any atom is 0.472 e. The fourth-order valence-electron chi connectivity index (χ4n) is 3.19. The van der Waals surface area contributed by atoms with Crippen LogP contribution in [0.1, 0.15) is 96.8 Å². The zero-order chi connectivity index (χ0) is 26.9. The minimum absolute atomic E-state index is 0.256. The smallest absolute Gasteiger partial charge is 0.463 e. The summed E-state index contributed by atoms with van der Waals surface area (Å²) in [5, 5.41) is 27.4. The van der Waals surface area contributed by atoms with E-state index in [0.717, 1.165) is 32.1 Å². The molecule has 9 nitrogen and oxygen atoms in total. The van der Waals surface area contributed by atoms with Gasteiger partial charge in [-0.25, -0.2) is 4.57 Å². The summed E-state index contributed by atoms with van der Waals surface area (Å²) in [7, 11) is -4.49. The van der Waals surface area contributed by atoms with Crippen LogP contribution in [0.5, 0.6) is 0 Å². The minimum Gasteiger partial charge on any atom is -0.463 e. The van der Waals surface area contributed by atoms with E-state index in [-0.39, 0.29) is 13.0 Å². The second kappa shape index (κ2) is 24.3. The van der Waals surface area contributed by atoms with Gasteiger partial charge in [0.25, 0.3) is 0 Å². The van der Waals surface area contributed by atoms with E-state index < -0.39 is 45.8 Å². The van der Waals surface area contributed by atoms with Crippen molar-refractivity contribution in [1.29, 1.82) is 0 Å². The zero-order valence-corrected chi connectivity index (χ0v) is 22.9. The molecular formula is C26H49O9P. The van der Waals surface area contributed by atoms with E-state index >= 15 is 0 Å². The van der Waals surface area contributed by atoms with Crippen molar-refractivity contribution in [2.24, 2.45) is 0 Å². The van der Waals surface area contributed by atoms with Gasteiger partial charge in [0, 0.05) is 6.42 Å². The molecule has 0 aromatic heterocycles. The van der Waals surface area contributed by atoms with Crippen molar-refractivity contribution < 1.29 is 43.4 Å². The number of rotatable bonds is 25. The van der Waals surface area contributed by atoms with Gasteiger partial charge in [-0.15, -0.1) is 0 Å². The van der Waals surface area contributed by atoms with Crippen molar-refractivity contribution >= 4 is 13.8 Å². The molecule has 0 spiro atoms. The highest BCUT2D eigenvalue weighted by Crippen LogP contribution is 2.43. The van der Waals surface area contributed by atoms with Gasteiger partial charge < -0.3 is 24.9 Å². The lowest BCUT2D eigenvalue weighted by Crippen LogP contribution is -2.24. The van der Waals surface area contributed by atoms with Gasteiger partial charge in [0.05, 0.1) is 19.8 Å². The predicted molar refractivity (Wildman–Crippen MR) is 140 cm³/mol. The first-order valence-corrected chi connectivity index (χ1v) is 14.8. The molecule has 0 fully saturated rings. The number of aliphatic hydroxyl groups excluding tert-OH is 3. The van der Waals surface area contributed by atoms with E-state index in [4.69, 9.17) is 14.9 Å². The second-order valence-corrected chi connectivity index (χ2v) is 10.4. The van der Waals surface area contributed by atoms with Gasteiger partial charge in [-0.05, 0) is 38.5 Å². The van der Waals surface area contributed by atoms with Crippen LogP contribution in [-0.2, 0) is 23.1 Å². The number of hydrogen-bond acceptors (Lipinski definition) is 8. The summed E-state index contributed by atoms with van der Waals surface area (Å²) in [4.78, 5) is 21.1. The Hall–Kier alpha value is -1.06. The summed E-state index contributed by atoms with van der Waals surface area (Å²) in [6.07, 6.45) is 21.4. The van der Waals surface area contributed by atoms with Crippen molar-refractivity contribution in [3.05, 3.63) is 24.3 Å². The third-order valence-corrected chi connectivity index (χ3v) is 6.29. The predicted octanol–water partition coefficient (Wildman–Crippen LogP) is 4.97. The fraction of sp³-hybridized carbons (Fsp3) is 0.808. The van der Waals surface area contributed by atoms with Crippen LogP contribution in [0.15, 0.2) is 24.3 Å². The molecule has 0 aliphatic rings. The fourth-order valence-corrected chi connectivity index (χ4v) is 3.99. The first-order chi connectivity index (χ1) is 17.3. The summed E-state index contributed by atoms with van der Waals surface area (Å²) >= 11 is 0. The van der Waals surface area contributed by atoms with Gasteiger partial charge in [0.15, 0.2) is 0 Å². The Bertz CT molecular complexity index is 625. The maximum absolute atomic E-state index is 11.8. The van der Waals surface area contributed by atoms with Crippen LogP contribution in [0.4, 0.5) is 0 Å². The Kier molecular flexibility index (Phi) is 23.6. The molecule has 10 heteroatoms. The highest BCUT2D eigenvalue weighted by Gasteiger charge is 2.24. The van der Waals surface area contributed by atoms with Crippen LogP contribution in [0.3, 0.4) is 0 Å². The molecule has 0 aliphatic heterocycles. The number of carbonyl (C=O) groups is 1. The first kappa shape index (κ1) is 34.9. The molecule has 4 N–H and O–H groups in total. The number of phosphoric acid groups is 1. The second-order valence-electron chi connectivity index (χ2n) is 8.92. The Labute approximate surface area is 217 Å². The minimum atomic E-state index is -4.49. The summed E-state index contributed by atoms with van der Waals surface area (Å²) < 4.78 is 25.5. The number of allylic oxidation sites excluding steroid dienone is 4. The van der Waals surface area contributed by atoms with E-state index in [1.165, 1.54) is 44.9 Å². The number of hydrogen-bond donors (Lipinski definition) is 4. The molecule has 3 atom stereocenters. The van der Waals surface area contributed by atoms with Crippen molar-refractivity contribution in [2.45, 2.75) is 109 Å². The Balaban J connectivity index is 3.56. The molecule has 1 unspecified atom stereocenters. The average Bonchev–Trinajstić information content (AvgIpc) is 2.86. The summed E-state index contributed by atoms with van der Waals surface area (Å²) in [6, 6.07) is 0. The highest BCUT2D eigenvalue weighted by atomic mass is 31.2. The summed E-state index contributed by atoms with van der Waals surface area (Å²) in [6.45, 7) is 0.0578. The molecule has 0 aromatic carbocycles. The van der Waals surface area contributed by atoms with Crippen LogP contribution in [-0.4, -0.2) is 64.8 Å². The molecule has 36 heavy (non-hydrogen) atoms. The number of phosphoric ester groups is 1. The van der Waals surface area contributed by atoms with Crippen molar-refractivity contribution in [1.82, 2.24) is 0 Å². The molecule has 0 heterocycles. The summed E-state index contributed by atoms with van der Waals surface area (Å²) in [5.74, 6) is -0.439. The lowest BCUT2D eigenvalue weighted by Gasteiger charge is -2.16. The molecule has 0 bridgehead atoms. The van der Waals surface area contributed by atoms with Gasteiger partial charge in [-0.2, -0.15) is 0 Å². The van der Waals surface area contributed by atoms with Crippen LogP contribution >= 0.6 is 7.82 Å². The van der Waals surface area contributed by atoms with Crippen molar-refractivity contribution in [3.8, 4) is 0 Å². The van der Waals surface area contributed by atoms with E-state index in [2.05, 4.69) is 40.3 Å². The first-order valence-electron chi connectivity index (χ1n) is 13.3. The SMILES string of the molecule is CCCCC/C=C\C/C=C\CCCCCCCCCC(=O)OC[C@@H](O)COP(=O)(O)OC[C@@H](O)CO. The Morgan fingerprint density at radius 1 is 0.778 bits per heavy atom. The monoisotopic (exact) mass is 536 g/mol. The quantitative estimate of drug-likeness (QED) is 0.0550. The number of aliphatic hydroxyl groups is 3. The maximum atomic E-state index is 11.8. The molecule has 212 valence electrons. The van der Waals surface area contributed by atoms with Crippen LogP contribution in [0.25, 0.3) is 0 Å². The van der Waals surface area contributed by atoms with Crippen molar-refractivity contribution in [2.75, 3.05) is 26.4 Å². The zero-order valence-electron chi connectivity index (χ0n) is 22.0. The molecule has 0 aromatic rings. The van der Waals surface area contributed by atoms with E-state index in [0.29, 0.717) is 6.42 Å². The van der Waals surface area contributed by atoms with Gasteiger partial charge in [-0.3, -0.25) is 13.8 Å². The number of carbonyl (C=O) groups excluding carboxylic acids is 1. The highest BCUT2D eigenvalue weighted by molar-refractivity contribution is 7.47. The van der Waals surface area contributed by atoms with E-state index in [1.54, 1.807) is 0 Å². The van der Waals surface area contributed by atoms with Crippen molar-refractivity contribution in [3.63, 3.8) is 0 Å². The molecule has 0 amide bonds. The average molecular weight is 537 g/mol.